The fraction of sp³-hybridized carbons (Fsp3) is 0.211. The molecule has 0 radical (unpaired) electrons. The Morgan fingerprint density at radius 3 is 2.48 bits per heavy atom. The van der Waals surface area contributed by atoms with Gasteiger partial charge in [-0.15, -0.1) is 0 Å². The summed E-state index contributed by atoms with van der Waals surface area (Å²) in [5, 5.41) is 9.88. The van der Waals surface area contributed by atoms with Crippen LogP contribution in [0.4, 0.5) is 13.2 Å². The zero-order valence-electron chi connectivity index (χ0n) is 13.2. The summed E-state index contributed by atoms with van der Waals surface area (Å²) in [6.07, 6.45) is 2.10. The number of rotatable bonds is 3. The highest BCUT2D eigenvalue weighted by atomic mass is 19.1. The molecule has 6 heteroatoms. The van der Waals surface area contributed by atoms with E-state index in [0.29, 0.717) is 5.56 Å². The first kappa shape index (κ1) is 17.2. The minimum absolute atomic E-state index is 0.0349. The smallest absolute Gasteiger partial charge is 0.247 e. The van der Waals surface area contributed by atoms with Crippen LogP contribution in [0.25, 0.3) is 6.08 Å². The van der Waals surface area contributed by atoms with Gasteiger partial charge in [0.1, 0.15) is 17.5 Å². The van der Waals surface area contributed by atoms with Crippen molar-refractivity contribution in [3.63, 3.8) is 0 Å². The highest BCUT2D eigenvalue weighted by molar-refractivity contribution is 5.92. The average molecular weight is 347 g/mol. The van der Waals surface area contributed by atoms with Gasteiger partial charge in [-0.2, -0.15) is 0 Å². The molecule has 25 heavy (non-hydrogen) atoms. The van der Waals surface area contributed by atoms with Gasteiger partial charge in [0.25, 0.3) is 0 Å². The molecular weight excluding hydrogens is 331 g/mol. The summed E-state index contributed by atoms with van der Waals surface area (Å²) in [5.74, 6) is -2.05. The van der Waals surface area contributed by atoms with Crippen molar-refractivity contribution < 1.29 is 23.1 Å². The van der Waals surface area contributed by atoms with E-state index in [4.69, 9.17) is 0 Å². The minimum Gasteiger partial charge on any atom is -0.391 e. The summed E-state index contributed by atoms with van der Waals surface area (Å²) in [7, 11) is 0. The van der Waals surface area contributed by atoms with Gasteiger partial charge >= 0.3 is 0 Å². The molecule has 130 valence electrons. The number of amides is 1. The van der Waals surface area contributed by atoms with Crippen LogP contribution in [0, 0.1) is 17.5 Å². The SMILES string of the molecule is O=C(/C=C/c1ccc(F)cc1)N1CC(O)CC1c1cc(F)ccc1F. The second-order valence-corrected chi connectivity index (χ2v) is 5.95. The van der Waals surface area contributed by atoms with Crippen LogP contribution in [0.15, 0.2) is 48.5 Å². The van der Waals surface area contributed by atoms with Crippen molar-refractivity contribution in [3.8, 4) is 0 Å². The second-order valence-electron chi connectivity index (χ2n) is 5.95. The number of β-amino-alcohol motifs (C(OH)–C–C–N with tert-alkyl or cyclic N) is 1. The number of hydrogen-bond acceptors (Lipinski definition) is 2. The molecule has 0 saturated carbocycles. The van der Waals surface area contributed by atoms with Gasteiger partial charge in [-0.1, -0.05) is 12.1 Å². The van der Waals surface area contributed by atoms with Gasteiger partial charge in [-0.25, -0.2) is 13.2 Å². The number of nitrogens with zero attached hydrogens (tertiary/aromatic N) is 1. The minimum atomic E-state index is -0.809. The lowest BCUT2D eigenvalue weighted by molar-refractivity contribution is -0.127. The topological polar surface area (TPSA) is 40.5 Å². The van der Waals surface area contributed by atoms with Gasteiger partial charge in [0, 0.05) is 18.2 Å². The van der Waals surface area contributed by atoms with Crippen LogP contribution in [0.5, 0.6) is 0 Å². The molecule has 1 aliphatic rings. The van der Waals surface area contributed by atoms with Gasteiger partial charge in [-0.3, -0.25) is 4.79 Å². The lowest BCUT2D eigenvalue weighted by Crippen LogP contribution is -2.30. The van der Waals surface area contributed by atoms with E-state index in [1.54, 1.807) is 0 Å². The summed E-state index contributed by atoms with van der Waals surface area (Å²) in [4.78, 5) is 13.8. The molecule has 3 nitrogen and oxygen atoms in total. The van der Waals surface area contributed by atoms with E-state index in [0.717, 1.165) is 18.2 Å². The maximum Gasteiger partial charge on any atom is 0.247 e. The first-order valence-corrected chi connectivity index (χ1v) is 7.81. The number of aliphatic hydroxyl groups is 1. The Hall–Kier alpha value is -2.60. The van der Waals surface area contributed by atoms with Crippen molar-refractivity contribution in [2.75, 3.05) is 6.54 Å². The van der Waals surface area contributed by atoms with Crippen molar-refractivity contribution in [1.82, 2.24) is 4.90 Å². The first-order valence-electron chi connectivity index (χ1n) is 7.81. The molecule has 2 aromatic carbocycles. The molecule has 1 fully saturated rings. The molecule has 1 aliphatic heterocycles. The Bertz CT molecular complexity index is 805. The largest absolute Gasteiger partial charge is 0.391 e. The van der Waals surface area contributed by atoms with E-state index in [-0.39, 0.29) is 24.3 Å². The maximum absolute atomic E-state index is 14.0. The first-order chi connectivity index (χ1) is 11.9. The molecular formula is C19H16F3NO2. The quantitative estimate of drug-likeness (QED) is 0.864. The number of benzene rings is 2. The highest BCUT2D eigenvalue weighted by Gasteiger charge is 2.36. The fourth-order valence-electron chi connectivity index (χ4n) is 2.96. The Kier molecular flexibility index (Phi) is 4.90. The Balaban J connectivity index is 1.82. The normalized spacial score (nSPS) is 20.4. The molecule has 2 atom stereocenters. The van der Waals surface area contributed by atoms with Gasteiger partial charge in [0.05, 0.1) is 12.1 Å². The summed E-state index contributed by atoms with van der Waals surface area (Å²) in [6, 6.07) is 7.89. The summed E-state index contributed by atoms with van der Waals surface area (Å²) >= 11 is 0. The second kappa shape index (κ2) is 7.11. The number of carbonyl (C=O) groups is 1. The van der Waals surface area contributed by atoms with E-state index in [1.165, 1.54) is 41.3 Å². The third kappa shape index (κ3) is 3.91. The standard InChI is InChI=1S/C19H16F3NO2/c20-13-4-1-12(2-5-13)3-8-19(25)23-11-15(24)10-18(23)16-9-14(21)6-7-17(16)22/h1-9,15,18,24H,10-11H2/b8-3+. The molecule has 0 aliphatic carbocycles. The maximum atomic E-state index is 14.0. The van der Waals surface area contributed by atoms with Gasteiger partial charge < -0.3 is 10.0 Å². The summed E-state index contributed by atoms with van der Waals surface area (Å²) in [6.45, 7) is 0.0349. The number of likely N-dealkylation sites (tertiary alicyclic amines) is 1. The van der Waals surface area contributed by atoms with E-state index < -0.39 is 29.7 Å². The van der Waals surface area contributed by atoms with Crippen molar-refractivity contribution in [3.05, 3.63) is 77.1 Å². The van der Waals surface area contributed by atoms with Crippen LogP contribution < -0.4 is 0 Å². The monoisotopic (exact) mass is 347 g/mol. The van der Waals surface area contributed by atoms with Crippen molar-refractivity contribution in [1.29, 1.82) is 0 Å². The Labute approximate surface area is 143 Å². The zero-order valence-corrected chi connectivity index (χ0v) is 13.2. The number of carbonyl (C=O) groups excluding carboxylic acids is 1. The van der Waals surface area contributed by atoms with E-state index in [9.17, 15) is 23.1 Å². The van der Waals surface area contributed by atoms with Gasteiger partial charge in [-0.05, 0) is 48.4 Å². The lowest BCUT2D eigenvalue weighted by atomic mass is 10.0. The molecule has 1 N–H and O–H groups in total. The summed E-state index contributed by atoms with van der Waals surface area (Å²) < 4.78 is 40.4. The van der Waals surface area contributed by atoms with Crippen molar-refractivity contribution in [2.24, 2.45) is 0 Å². The molecule has 0 spiro atoms. The molecule has 1 saturated heterocycles. The highest BCUT2D eigenvalue weighted by Crippen LogP contribution is 2.34. The third-order valence-corrected chi connectivity index (χ3v) is 4.17. The molecule has 1 amide bonds. The lowest BCUT2D eigenvalue weighted by Gasteiger charge is -2.24. The molecule has 1 heterocycles. The summed E-state index contributed by atoms with van der Waals surface area (Å²) in [5.41, 5.74) is 0.670. The zero-order chi connectivity index (χ0) is 18.0. The van der Waals surface area contributed by atoms with Crippen molar-refractivity contribution in [2.45, 2.75) is 18.6 Å². The molecule has 3 rings (SSSR count). The average Bonchev–Trinajstić information content (AvgIpc) is 2.98. The molecule has 2 unspecified atom stereocenters. The molecule has 0 bridgehead atoms. The molecule has 0 aromatic heterocycles. The number of hydrogen-bond donors (Lipinski definition) is 1. The van der Waals surface area contributed by atoms with Crippen LogP contribution in [0.3, 0.4) is 0 Å². The van der Waals surface area contributed by atoms with E-state index in [1.807, 2.05) is 0 Å². The van der Waals surface area contributed by atoms with E-state index in [2.05, 4.69) is 0 Å². The van der Waals surface area contributed by atoms with Crippen LogP contribution in [-0.2, 0) is 4.79 Å². The van der Waals surface area contributed by atoms with Crippen LogP contribution in [0.1, 0.15) is 23.6 Å². The number of aliphatic hydroxyl groups excluding tert-OH is 1. The number of halogens is 3. The van der Waals surface area contributed by atoms with E-state index >= 15 is 0 Å². The van der Waals surface area contributed by atoms with Crippen LogP contribution in [0.2, 0.25) is 0 Å². The van der Waals surface area contributed by atoms with Crippen LogP contribution >= 0.6 is 0 Å². The predicted octanol–water partition coefficient (Wildman–Crippen LogP) is 3.45. The van der Waals surface area contributed by atoms with Crippen molar-refractivity contribution >= 4 is 12.0 Å². The predicted molar refractivity (Wildman–Crippen MR) is 86.9 cm³/mol. The van der Waals surface area contributed by atoms with Crippen LogP contribution in [-0.4, -0.2) is 28.6 Å². The van der Waals surface area contributed by atoms with Gasteiger partial charge in [0.15, 0.2) is 0 Å². The third-order valence-electron chi connectivity index (χ3n) is 4.17. The Morgan fingerprint density at radius 1 is 1.08 bits per heavy atom. The molecule has 2 aromatic rings. The Morgan fingerprint density at radius 2 is 1.76 bits per heavy atom. The fourth-order valence-corrected chi connectivity index (χ4v) is 2.96. The van der Waals surface area contributed by atoms with Gasteiger partial charge in [0.2, 0.25) is 5.91 Å².